The molecule has 0 bridgehead atoms. The predicted octanol–water partition coefficient (Wildman–Crippen LogP) is 3.14. The van der Waals surface area contributed by atoms with Crippen LogP contribution in [0.3, 0.4) is 0 Å². The highest BCUT2D eigenvalue weighted by atomic mass is 35.5. The van der Waals surface area contributed by atoms with Gasteiger partial charge in [-0.1, -0.05) is 42.5 Å². The molecule has 0 aliphatic heterocycles. The molecule has 0 saturated carbocycles. The summed E-state index contributed by atoms with van der Waals surface area (Å²) in [5.74, 6) is -0.322. The first kappa shape index (κ1) is 18.1. The van der Waals surface area contributed by atoms with Gasteiger partial charge in [-0.15, -0.1) is 12.4 Å². The summed E-state index contributed by atoms with van der Waals surface area (Å²) in [6.07, 6.45) is 0.293. The quantitative estimate of drug-likeness (QED) is 0.919. The van der Waals surface area contributed by atoms with E-state index in [1.165, 1.54) is 12.1 Å². The maximum absolute atomic E-state index is 13.1. The molecule has 2 aromatic carbocycles. The van der Waals surface area contributed by atoms with Crippen molar-refractivity contribution in [2.75, 3.05) is 13.6 Å². The summed E-state index contributed by atoms with van der Waals surface area (Å²) in [6, 6.07) is 15.7. The van der Waals surface area contributed by atoms with Crippen LogP contribution in [0, 0.1) is 5.82 Å². The molecule has 3 nitrogen and oxygen atoms in total. The van der Waals surface area contributed by atoms with E-state index in [4.69, 9.17) is 5.73 Å². The molecule has 2 N–H and O–H groups in total. The van der Waals surface area contributed by atoms with E-state index in [0.29, 0.717) is 13.0 Å². The van der Waals surface area contributed by atoms with E-state index < -0.39 is 0 Å². The third-order valence-electron chi connectivity index (χ3n) is 3.44. The minimum atomic E-state index is -0.290. The summed E-state index contributed by atoms with van der Waals surface area (Å²) in [5, 5.41) is 0. The van der Waals surface area contributed by atoms with E-state index in [-0.39, 0.29) is 30.2 Å². The van der Waals surface area contributed by atoms with E-state index in [1.54, 1.807) is 24.1 Å². The topological polar surface area (TPSA) is 46.3 Å². The van der Waals surface area contributed by atoms with Crippen LogP contribution >= 0.6 is 12.4 Å². The third kappa shape index (κ3) is 4.29. The Bertz CT molecular complexity index is 589. The SMILES string of the molecule is CN(C(=O)CCN)C(c1ccccc1)c1ccc(F)cc1.Cl. The van der Waals surface area contributed by atoms with Crippen LogP contribution in [0.25, 0.3) is 0 Å². The van der Waals surface area contributed by atoms with Crippen molar-refractivity contribution in [1.82, 2.24) is 4.90 Å². The zero-order valence-electron chi connectivity index (χ0n) is 12.4. The van der Waals surface area contributed by atoms with Crippen LogP contribution in [0.4, 0.5) is 4.39 Å². The van der Waals surface area contributed by atoms with Gasteiger partial charge in [-0.2, -0.15) is 0 Å². The Morgan fingerprint density at radius 3 is 2.18 bits per heavy atom. The minimum absolute atomic E-state index is 0. The smallest absolute Gasteiger partial charge is 0.224 e. The summed E-state index contributed by atoms with van der Waals surface area (Å²) < 4.78 is 13.1. The van der Waals surface area contributed by atoms with Gasteiger partial charge in [0.05, 0.1) is 6.04 Å². The van der Waals surface area contributed by atoms with Crippen molar-refractivity contribution < 1.29 is 9.18 Å². The molecule has 2 aromatic rings. The number of hydrogen-bond donors (Lipinski definition) is 1. The van der Waals surface area contributed by atoms with Gasteiger partial charge in [0.1, 0.15) is 5.82 Å². The average molecular weight is 323 g/mol. The summed E-state index contributed by atoms with van der Waals surface area (Å²) >= 11 is 0. The van der Waals surface area contributed by atoms with Crippen LogP contribution in [-0.4, -0.2) is 24.4 Å². The van der Waals surface area contributed by atoms with Gasteiger partial charge >= 0.3 is 0 Å². The lowest BCUT2D eigenvalue weighted by molar-refractivity contribution is -0.131. The first-order valence-electron chi connectivity index (χ1n) is 6.89. The van der Waals surface area contributed by atoms with Gasteiger partial charge in [-0.05, 0) is 23.3 Å². The normalized spacial score (nSPS) is 11.4. The fraction of sp³-hybridized carbons (Fsp3) is 0.235. The summed E-state index contributed by atoms with van der Waals surface area (Å²) in [7, 11) is 1.75. The number of hydrogen-bond acceptors (Lipinski definition) is 2. The van der Waals surface area contributed by atoms with Crippen molar-refractivity contribution in [3.63, 3.8) is 0 Å². The molecule has 2 rings (SSSR count). The van der Waals surface area contributed by atoms with Gasteiger partial charge in [0.2, 0.25) is 5.91 Å². The molecular weight excluding hydrogens is 303 g/mol. The second-order valence-electron chi connectivity index (χ2n) is 4.91. The number of nitrogens with zero attached hydrogens (tertiary/aromatic N) is 1. The number of carbonyl (C=O) groups is 1. The van der Waals surface area contributed by atoms with Crippen LogP contribution in [0.1, 0.15) is 23.6 Å². The Labute approximate surface area is 136 Å². The highest BCUT2D eigenvalue weighted by molar-refractivity contribution is 5.85. The van der Waals surface area contributed by atoms with E-state index >= 15 is 0 Å². The fourth-order valence-electron chi connectivity index (χ4n) is 2.36. The molecule has 1 unspecified atom stereocenters. The van der Waals surface area contributed by atoms with E-state index in [1.807, 2.05) is 30.3 Å². The van der Waals surface area contributed by atoms with Crippen LogP contribution < -0.4 is 5.73 Å². The highest BCUT2D eigenvalue weighted by Crippen LogP contribution is 2.28. The number of halogens is 2. The Balaban J connectivity index is 0.00000242. The third-order valence-corrected chi connectivity index (χ3v) is 3.44. The van der Waals surface area contributed by atoms with Gasteiger partial charge in [-0.25, -0.2) is 4.39 Å². The van der Waals surface area contributed by atoms with Crippen LogP contribution in [-0.2, 0) is 4.79 Å². The molecule has 0 radical (unpaired) electrons. The van der Waals surface area contributed by atoms with Crippen LogP contribution in [0.5, 0.6) is 0 Å². The first-order valence-corrected chi connectivity index (χ1v) is 6.89. The van der Waals surface area contributed by atoms with Crippen molar-refractivity contribution in [2.24, 2.45) is 5.73 Å². The molecule has 0 fully saturated rings. The van der Waals surface area contributed by atoms with Crippen molar-refractivity contribution >= 4 is 18.3 Å². The maximum Gasteiger partial charge on any atom is 0.224 e. The molecule has 5 heteroatoms. The Hall–Kier alpha value is -1.91. The number of benzene rings is 2. The Morgan fingerprint density at radius 2 is 1.64 bits per heavy atom. The number of rotatable bonds is 5. The van der Waals surface area contributed by atoms with Crippen molar-refractivity contribution in [1.29, 1.82) is 0 Å². The molecule has 22 heavy (non-hydrogen) atoms. The standard InChI is InChI=1S/C17H19FN2O.ClH/c1-20(16(21)11-12-19)17(13-5-3-2-4-6-13)14-7-9-15(18)10-8-14;/h2-10,17H,11-12,19H2,1H3;1H. The second-order valence-corrected chi connectivity index (χ2v) is 4.91. The summed E-state index contributed by atoms with van der Waals surface area (Å²) in [6.45, 7) is 0.314. The van der Waals surface area contributed by atoms with Gasteiger partial charge in [-0.3, -0.25) is 4.79 Å². The Morgan fingerprint density at radius 1 is 1.09 bits per heavy atom. The molecule has 0 aromatic heterocycles. The van der Waals surface area contributed by atoms with Gasteiger partial charge in [0.25, 0.3) is 0 Å². The van der Waals surface area contributed by atoms with E-state index in [0.717, 1.165) is 11.1 Å². The zero-order chi connectivity index (χ0) is 15.2. The molecule has 0 saturated heterocycles. The fourth-order valence-corrected chi connectivity index (χ4v) is 2.36. The molecule has 1 atom stereocenters. The molecule has 0 heterocycles. The molecule has 118 valence electrons. The summed E-state index contributed by atoms with van der Waals surface area (Å²) in [4.78, 5) is 13.8. The van der Waals surface area contributed by atoms with E-state index in [2.05, 4.69) is 0 Å². The van der Waals surface area contributed by atoms with E-state index in [9.17, 15) is 9.18 Å². The lowest BCUT2D eigenvalue weighted by atomic mass is 9.97. The molecule has 0 aliphatic rings. The number of amides is 1. The van der Waals surface area contributed by atoms with Gasteiger partial charge < -0.3 is 10.6 Å². The maximum atomic E-state index is 13.1. The predicted molar refractivity (Wildman–Crippen MR) is 88.4 cm³/mol. The highest BCUT2D eigenvalue weighted by Gasteiger charge is 2.22. The lowest BCUT2D eigenvalue weighted by Crippen LogP contribution is -2.33. The van der Waals surface area contributed by atoms with Gasteiger partial charge in [0.15, 0.2) is 0 Å². The Kier molecular flexibility index (Phi) is 7.02. The average Bonchev–Trinajstić information content (AvgIpc) is 2.50. The molecule has 0 aliphatic carbocycles. The van der Waals surface area contributed by atoms with Gasteiger partial charge in [0, 0.05) is 20.0 Å². The molecular formula is C17H20ClFN2O. The van der Waals surface area contributed by atoms with Crippen LogP contribution in [0.15, 0.2) is 54.6 Å². The molecule has 1 amide bonds. The number of nitrogens with two attached hydrogens (primary N) is 1. The molecule has 0 spiro atoms. The van der Waals surface area contributed by atoms with Crippen LogP contribution in [0.2, 0.25) is 0 Å². The van der Waals surface area contributed by atoms with Crippen molar-refractivity contribution in [2.45, 2.75) is 12.5 Å². The minimum Gasteiger partial charge on any atom is -0.335 e. The summed E-state index contributed by atoms with van der Waals surface area (Å²) in [5.41, 5.74) is 7.32. The second kappa shape index (κ2) is 8.51. The van der Waals surface area contributed by atoms with Crippen molar-refractivity contribution in [3.05, 3.63) is 71.5 Å². The zero-order valence-corrected chi connectivity index (χ0v) is 13.2. The largest absolute Gasteiger partial charge is 0.335 e. The number of carbonyl (C=O) groups excluding carboxylic acids is 1. The monoisotopic (exact) mass is 322 g/mol. The first-order chi connectivity index (χ1) is 10.1. The lowest BCUT2D eigenvalue weighted by Gasteiger charge is -2.29. The van der Waals surface area contributed by atoms with Crippen molar-refractivity contribution in [3.8, 4) is 0 Å².